The molecule has 2 rings (SSSR count). The lowest BCUT2D eigenvalue weighted by molar-refractivity contribution is -0.116. The Morgan fingerprint density at radius 2 is 1.79 bits per heavy atom. The van der Waals surface area contributed by atoms with Crippen LogP contribution in [-0.4, -0.2) is 38.3 Å². The highest BCUT2D eigenvalue weighted by Gasteiger charge is 2.26. The van der Waals surface area contributed by atoms with Crippen LogP contribution in [0.4, 0.5) is 5.69 Å². The van der Waals surface area contributed by atoms with E-state index in [1.807, 2.05) is 18.2 Å². The number of aryl methyl sites for hydroxylation is 1. The van der Waals surface area contributed by atoms with E-state index in [2.05, 4.69) is 5.32 Å². The van der Waals surface area contributed by atoms with Crippen molar-refractivity contribution in [1.82, 2.24) is 4.31 Å². The zero-order chi connectivity index (χ0) is 21.4. The van der Waals surface area contributed by atoms with Crippen LogP contribution in [0.5, 0.6) is 5.75 Å². The number of amides is 1. The van der Waals surface area contributed by atoms with Gasteiger partial charge in [0.05, 0.1) is 6.61 Å². The van der Waals surface area contributed by atoms with Crippen molar-refractivity contribution in [3.8, 4) is 5.75 Å². The minimum Gasteiger partial charge on any atom is -0.492 e. The smallest absolute Gasteiger partial charge is 0.246 e. The molecule has 29 heavy (non-hydrogen) atoms. The Morgan fingerprint density at radius 3 is 2.41 bits per heavy atom. The molecule has 0 aliphatic carbocycles. The number of sulfonamides is 1. The second-order valence-electron chi connectivity index (χ2n) is 6.32. The number of rotatable bonds is 10. The van der Waals surface area contributed by atoms with Gasteiger partial charge >= 0.3 is 0 Å². The van der Waals surface area contributed by atoms with Crippen molar-refractivity contribution in [2.75, 3.05) is 25.0 Å². The average molecular weight is 439 g/mol. The molecule has 1 N–H and O–H groups in total. The van der Waals surface area contributed by atoms with E-state index in [0.29, 0.717) is 36.8 Å². The molecular weight excluding hydrogens is 412 g/mol. The average Bonchev–Trinajstić information content (AvgIpc) is 2.69. The molecule has 1 amide bonds. The number of carbonyl (C=O) groups excluding carboxylic acids is 1. The number of anilines is 1. The minimum atomic E-state index is -3.73. The molecule has 0 spiro atoms. The van der Waals surface area contributed by atoms with Crippen LogP contribution in [0, 0.1) is 0 Å². The predicted molar refractivity (Wildman–Crippen MR) is 116 cm³/mol. The molecule has 0 unspecified atom stereocenters. The first-order chi connectivity index (χ1) is 13.8. The number of hydrogen-bond donors (Lipinski definition) is 1. The summed E-state index contributed by atoms with van der Waals surface area (Å²) >= 11 is 6.13. The van der Waals surface area contributed by atoms with Crippen molar-refractivity contribution in [3.05, 3.63) is 53.1 Å². The third kappa shape index (κ3) is 5.95. The van der Waals surface area contributed by atoms with Crippen molar-refractivity contribution < 1.29 is 17.9 Å². The van der Waals surface area contributed by atoms with Crippen molar-refractivity contribution in [1.29, 1.82) is 0 Å². The summed E-state index contributed by atoms with van der Waals surface area (Å²) < 4.78 is 32.9. The standard InChI is InChI=1S/C21H27ClN2O4S/c1-4-24(5-2)29(26,27)20-15-17(12-13-19(20)28-6-3)23-21(25)14-11-16-9-7-8-10-18(16)22/h7-10,12-13,15H,4-6,11,14H2,1-3H3,(H,23,25). The topological polar surface area (TPSA) is 75.7 Å². The molecule has 2 aromatic carbocycles. The van der Waals surface area contributed by atoms with E-state index in [1.54, 1.807) is 39.0 Å². The van der Waals surface area contributed by atoms with Crippen molar-refractivity contribution in [2.45, 2.75) is 38.5 Å². The zero-order valence-corrected chi connectivity index (χ0v) is 18.5. The molecule has 0 atom stereocenters. The van der Waals surface area contributed by atoms with Crippen LogP contribution in [0.2, 0.25) is 5.02 Å². The van der Waals surface area contributed by atoms with E-state index < -0.39 is 10.0 Å². The molecule has 6 nitrogen and oxygen atoms in total. The lowest BCUT2D eigenvalue weighted by Crippen LogP contribution is -2.31. The molecular formula is C21H27ClN2O4S. The molecule has 0 aliphatic heterocycles. The van der Waals surface area contributed by atoms with Gasteiger partial charge in [0, 0.05) is 30.2 Å². The quantitative estimate of drug-likeness (QED) is 0.598. The largest absolute Gasteiger partial charge is 0.492 e. The SMILES string of the molecule is CCOc1ccc(NC(=O)CCc2ccccc2Cl)cc1S(=O)(=O)N(CC)CC. The van der Waals surface area contributed by atoms with Gasteiger partial charge in [-0.2, -0.15) is 4.31 Å². The minimum absolute atomic E-state index is 0.0481. The van der Waals surface area contributed by atoms with Crippen molar-refractivity contribution >= 4 is 33.2 Å². The Kier molecular flexibility index (Phi) is 8.49. The molecule has 0 saturated carbocycles. The molecule has 0 saturated heterocycles. The van der Waals surface area contributed by atoms with Gasteiger partial charge in [-0.3, -0.25) is 4.79 Å². The second-order valence-corrected chi connectivity index (χ2v) is 8.64. The zero-order valence-electron chi connectivity index (χ0n) is 16.9. The predicted octanol–water partition coefficient (Wildman–Crippen LogP) is 4.34. The van der Waals surface area contributed by atoms with Crippen LogP contribution in [0.25, 0.3) is 0 Å². The fourth-order valence-electron chi connectivity index (χ4n) is 2.94. The Balaban J connectivity index is 2.21. The lowest BCUT2D eigenvalue weighted by atomic mass is 10.1. The number of hydrogen-bond acceptors (Lipinski definition) is 4. The van der Waals surface area contributed by atoms with Gasteiger partial charge in [0.25, 0.3) is 0 Å². The molecule has 2 aromatic rings. The molecule has 0 aromatic heterocycles. The highest BCUT2D eigenvalue weighted by Crippen LogP contribution is 2.30. The third-order valence-corrected chi connectivity index (χ3v) is 6.87. The van der Waals surface area contributed by atoms with Gasteiger partial charge in [-0.1, -0.05) is 43.6 Å². The fraction of sp³-hybridized carbons (Fsp3) is 0.381. The van der Waals surface area contributed by atoms with Crippen LogP contribution in [0.15, 0.2) is 47.4 Å². The van der Waals surface area contributed by atoms with Gasteiger partial charge in [-0.05, 0) is 43.2 Å². The van der Waals surface area contributed by atoms with E-state index in [9.17, 15) is 13.2 Å². The molecule has 0 heterocycles. The molecule has 8 heteroatoms. The Morgan fingerprint density at radius 1 is 1.10 bits per heavy atom. The van der Waals surface area contributed by atoms with Crippen molar-refractivity contribution in [2.24, 2.45) is 0 Å². The molecule has 0 bridgehead atoms. The number of benzene rings is 2. The Bertz CT molecular complexity index is 943. The fourth-order valence-corrected chi connectivity index (χ4v) is 4.78. The normalized spacial score (nSPS) is 11.5. The Labute approximate surface area is 177 Å². The maximum atomic E-state index is 13.0. The number of carbonyl (C=O) groups is 1. The van der Waals surface area contributed by atoms with Crippen LogP contribution >= 0.6 is 11.6 Å². The summed E-state index contributed by atoms with van der Waals surface area (Å²) in [6.45, 7) is 6.38. The monoisotopic (exact) mass is 438 g/mol. The summed E-state index contributed by atoms with van der Waals surface area (Å²) in [5.74, 6) is 0.0498. The van der Waals surface area contributed by atoms with Gasteiger partial charge in [0.2, 0.25) is 15.9 Å². The number of halogens is 1. The van der Waals surface area contributed by atoms with E-state index in [0.717, 1.165) is 5.56 Å². The summed E-state index contributed by atoms with van der Waals surface area (Å²) in [5.41, 5.74) is 1.30. The summed E-state index contributed by atoms with van der Waals surface area (Å²) in [4.78, 5) is 12.4. The highest BCUT2D eigenvalue weighted by molar-refractivity contribution is 7.89. The second kappa shape index (κ2) is 10.6. The van der Waals surface area contributed by atoms with E-state index in [4.69, 9.17) is 16.3 Å². The van der Waals surface area contributed by atoms with Crippen LogP contribution in [0.1, 0.15) is 32.8 Å². The van der Waals surface area contributed by atoms with Crippen LogP contribution < -0.4 is 10.1 Å². The van der Waals surface area contributed by atoms with Gasteiger partial charge in [0.1, 0.15) is 10.6 Å². The maximum Gasteiger partial charge on any atom is 0.246 e. The number of ether oxygens (including phenoxy) is 1. The molecule has 158 valence electrons. The summed E-state index contributed by atoms with van der Waals surface area (Å²) in [6.07, 6.45) is 0.724. The van der Waals surface area contributed by atoms with Crippen LogP contribution in [0.3, 0.4) is 0 Å². The Hall–Kier alpha value is -2.09. The summed E-state index contributed by atoms with van der Waals surface area (Å²) in [7, 11) is -3.73. The van der Waals surface area contributed by atoms with Crippen LogP contribution in [-0.2, 0) is 21.2 Å². The maximum absolute atomic E-state index is 13.0. The first-order valence-corrected chi connectivity index (χ1v) is 11.5. The van der Waals surface area contributed by atoms with Gasteiger partial charge in [-0.25, -0.2) is 8.42 Å². The van der Waals surface area contributed by atoms with Gasteiger partial charge < -0.3 is 10.1 Å². The van der Waals surface area contributed by atoms with Gasteiger partial charge in [-0.15, -0.1) is 0 Å². The van der Waals surface area contributed by atoms with Crippen molar-refractivity contribution in [3.63, 3.8) is 0 Å². The molecule has 0 radical (unpaired) electrons. The summed E-state index contributed by atoms with van der Waals surface area (Å²) in [5, 5.41) is 3.39. The van der Waals surface area contributed by atoms with E-state index >= 15 is 0 Å². The third-order valence-electron chi connectivity index (χ3n) is 4.43. The number of nitrogens with one attached hydrogen (secondary N) is 1. The van der Waals surface area contributed by atoms with Gasteiger partial charge in [0.15, 0.2) is 0 Å². The first kappa shape index (κ1) is 23.2. The lowest BCUT2D eigenvalue weighted by Gasteiger charge is -2.21. The summed E-state index contributed by atoms with van der Waals surface area (Å²) in [6, 6.07) is 12.0. The first-order valence-electron chi connectivity index (χ1n) is 9.63. The van der Waals surface area contributed by atoms with E-state index in [-0.39, 0.29) is 23.0 Å². The molecule has 0 fully saturated rings. The molecule has 0 aliphatic rings. The number of nitrogens with zero attached hydrogens (tertiary/aromatic N) is 1. The highest BCUT2D eigenvalue weighted by atomic mass is 35.5. The van der Waals surface area contributed by atoms with E-state index in [1.165, 1.54) is 10.4 Å².